The van der Waals surface area contributed by atoms with Crippen LogP contribution >= 0.6 is 0 Å². The van der Waals surface area contributed by atoms with Crippen LogP contribution in [0.3, 0.4) is 0 Å². The van der Waals surface area contributed by atoms with Crippen molar-refractivity contribution in [2.24, 2.45) is 16.7 Å². The van der Waals surface area contributed by atoms with Gasteiger partial charge in [-0.3, -0.25) is 0 Å². The molecule has 1 unspecified atom stereocenters. The number of hydrogen-bond acceptors (Lipinski definition) is 0. The van der Waals surface area contributed by atoms with Crippen LogP contribution in [0.4, 0.5) is 0 Å². The molecule has 0 heteroatoms. The summed E-state index contributed by atoms with van der Waals surface area (Å²) in [6.45, 7) is 14.0. The quantitative estimate of drug-likeness (QED) is 0.484. The molecule has 0 heterocycles. The second-order valence-electron chi connectivity index (χ2n) is 6.48. The van der Waals surface area contributed by atoms with Gasteiger partial charge in [-0.2, -0.15) is 0 Å². The molecule has 0 aromatic heterocycles. The highest BCUT2D eigenvalue weighted by Gasteiger charge is 2.31. The third kappa shape index (κ3) is 2.59. The van der Waals surface area contributed by atoms with Crippen molar-refractivity contribution in [2.45, 2.75) is 54.4 Å². The zero-order valence-electron chi connectivity index (χ0n) is 10.1. The van der Waals surface area contributed by atoms with Crippen LogP contribution in [0.1, 0.15) is 54.4 Å². The SMILES string of the molecule is CC(C)(C)C1=CCC(C(C)(C)C)C1. The van der Waals surface area contributed by atoms with Crippen LogP contribution in [0, 0.1) is 16.7 Å². The molecule has 0 aromatic carbocycles. The zero-order valence-corrected chi connectivity index (χ0v) is 10.1. The molecule has 1 aliphatic carbocycles. The minimum atomic E-state index is 0.389. The Morgan fingerprint density at radius 2 is 1.62 bits per heavy atom. The molecule has 0 aliphatic heterocycles. The minimum absolute atomic E-state index is 0.389. The van der Waals surface area contributed by atoms with E-state index in [9.17, 15) is 0 Å². The predicted molar refractivity (Wildman–Crippen MR) is 59.7 cm³/mol. The molecule has 0 amide bonds. The summed E-state index contributed by atoms with van der Waals surface area (Å²) in [5.74, 6) is 0.863. The maximum absolute atomic E-state index is 2.47. The Morgan fingerprint density at radius 1 is 1.08 bits per heavy atom. The van der Waals surface area contributed by atoms with Crippen molar-refractivity contribution >= 4 is 0 Å². The van der Waals surface area contributed by atoms with Gasteiger partial charge in [-0.1, -0.05) is 53.2 Å². The van der Waals surface area contributed by atoms with Crippen molar-refractivity contribution < 1.29 is 0 Å². The van der Waals surface area contributed by atoms with Crippen LogP contribution in [-0.4, -0.2) is 0 Å². The van der Waals surface area contributed by atoms with Gasteiger partial charge >= 0.3 is 0 Å². The summed E-state index contributed by atoms with van der Waals surface area (Å²) in [4.78, 5) is 0. The largest absolute Gasteiger partial charge is 0.0845 e. The van der Waals surface area contributed by atoms with E-state index in [1.54, 1.807) is 5.57 Å². The monoisotopic (exact) mass is 180 g/mol. The molecule has 76 valence electrons. The van der Waals surface area contributed by atoms with E-state index >= 15 is 0 Å². The standard InChI is InChI=1S/C13H24/c1-12(2,3)10-7-8-11(9-10)13(4,5)6/h7,11H,8-9H2,1-6H3. The summed E-state index contributed by atoms with van der Waals surface area (Å²) >= 11 is 0. The maximum Gasteiger partial charge on any atom is -0.0173 e. The summed E-state index contributed by atoms with van der Waals surface area (Å²) in [7, 11) is 0. The summed E-state index contributed by atoms with van der Waals surface area (Å²) in [6.07, 6.45) is 5.07. The molecule has 0 radical (unpaired) electrons. The third-order valence-electron chi connectivity index (χ3n) is 3.30. The van der Waals surface area contributed by atoms with E-state index in [-0.39, 0.29) is 0 Å². The van der Waals surface area contributed by atoms with Gasteiger partial charge < -0.3 is 0 Å². The Balaban J connectivity index is 2.63. The molecule has 1 atom stereocenters. The van der Waals surface area contributed by atoms with Gasteiger partial charge in [0.2, 0.25) is 0 Å². The average Bonchev–Trinajstić information content (AvgIpc) is 2.28. The fourth-order valence-electron chi connectivity index (χ4n) is 1.99. The zero-order chi connectivity index (χ0) is 10.3. The van der Waals surface area contributed by atoms with Crippen LogP contribution in [-0.2, 0) is 0 Å². The molecule has 0 N–H and O–H groups in total. The fourth-order valence-corrected chi connectivity index (χ4v) is 1.99. The van der Waals surface area contributed by atoms with Crippen molar-refractivity contribution in [3.63, 3.8) is 0 Å². The molecule has 0 bridgehead atoms. The third-order valence-corrected chi connectivity index (χ3v) is 3.30. The first kappa shape index (κ1) is 10.8. The van der Waals surface area contributed by atoms with Crippen molar-refractivity contribution in [1.29, 1.82) is 0 Å². The van der Waals surface area contributed by atoms with E-state index in [2.05, 4.69) is 47.6 Å². The maximum atomic E-state index is 2.47. The van der Waals surface area contributed by atoms with Crippen LogP contribution in [0.2, 0.25) is 0 Å². The first-order valence-corrected chi connectivity index (χ1v) is 5.41. The lowest BCUT2D eigenvalue weighted by Crippen LogP contribution is -2.19. The molecular formula is C13H24. The van der Waals surface area contributed by atoms with Crippen LogP contribution < -0.4 is 0 Å². The Bertz CT molecular complexity index is 207. The van der Waals surface area contributed by atoms with Gasteiger partial charge in [0.05, 0.1) is 0 Å². The van der Waals surface area contributed by atoms with Crippen LogP contribution in [0.25, 0.3) is 0 Å². The van der Waals surface area contributed by atoms with Gasteiger partial charge in [-0.15, -0.1) is 0 Å². The van der Waals surface area contributed by atoms with Crippen molar-refractivity contribution in [3.05, 3.63) is 11.6 Å². The highest BCUT2D eigenvalue weighted by molar-refractivity contribution is 5.17. The topological polar surface area (TPSA) is 0 Å². The Kier molecular flexibility index (Phi) is 2.62. The van der Waals surface area contributed by atoms with Gasteiger partial charge in [0.15, 0.2) is 0 Å². The van der Waals surface area contributed by atoms with Crippen LogP contribution in [0.5, 0.6) is 0 Å². The Morgan fingerprint density at radius 3 is 1.85 bits per heavy atom. The lowest BCUT2D eigenvalue weighted by molar-refractivity contribution is 0.245. The summed E-state index contributed by atoms with van der Waals surface area (Å²) < 4.78 is 0. The smallest absolute Gasteiger partial charge is 0.0173 e. The number of hydrogen-bond donors (Lipinski definition) is 0. The molecule has 0 fully saturated rings. The van der Waals surface area contributed by atoms with Gasteiger partial charge in [0.1, 0.15) is 0 Å². The summed E-state index contributed by atoms with van der Waals surface area (Å²) in [5.41, 5.74) is 2.52. The normalized spacial score (nSPS) is 24.8. The average molecular weight is 180 g/mol. The van der Waals surface area contributed by atoms with Gasteiger partial charge in [0, 0.05) is 0 Å². The molecule has 0 aromatic rings. The predicted octanol–water partition coefficient (Wildman–Crippen LogP) is 4.42. The molecule has 0 saturated heterocycles. The lowest BCUT2D eigenvalue weighted by atomic mass is 9.76. The second kappa shape index (κ2) is 3.15. The highest BCUT2D eigenvalue weighted by Crippen LogP contribution is 2.44. The first-order valence-electron chi connectivity index (χ1n) is 5.41. The van der Waals surface area contributed by atoms with E-state index < -0.39 is 0 Å². The fraction of sp³-hybridized carbons (Fsp3) is 0.846. The Labute approximate surface area is 83.4 Å². The molecule has 0 saturated carbocycles. The first-order chi connectivity index (χ1) is 5.71. The highest BCUT2D eigenvalue weighted by atomic mass is 14.4. The summed E-state index contributed by atoms with van der Waals surface area (Å²) in [5, 5.41) is 0. The van der Waals surface area contributed by atoms with Crippen molar-refractivity contribution in [2.75, 3.05) is 0 Å². The second-order valence-corrected chi connectivity index (χ2v) is 6.48. The van der Waals surface area contributed by atoms with Gasteiger partial charge in [-0.05, 0) is 29.6 Å². The van der Waals surface area contributed by atoms with E-state index in [0.29, 0.717) is 10.8 Å². The van der Waals surface area contributed by atoms with Gasteiger partial charge in [-0.25, -0.2) is 0 Å². The van der Waals surface area contributed by atoms with E-state index in [1.807, 2.05) is 0 Å². The van der Waals surface area contributed by atoms with E-state index in [1.165, 1.54) is 12.8 Å². The molecular weight excluding hydrogens is 156 g/mol. The number of allylic oxidation sites excluding steroid dienone is 2. The lowest BCUT2D eigenvalue weighted by Gasteiger charge is -2.29. The molecule has 1 rings (SSSR count). The summed E-state index contributed by atoms with van der Waals surface area (Å²) in [6, 6.07) is 0. The molecule has 13 heavy (non-hydrogen) atoms. The number of rotatable bonds is 0. The Hall–Kier alpha value is -0.260. The molecule has 0 nitrogen and oxygen atoms in total. The van der Waals surface area contributed by atoms with Gasteiger partial charge in [0.25, 0.3) is 0 Å². The molecule has 0 spiro atoms. The van der Waals surface area contributed by atoms with E-state index in [4.69, 9.17) is 0 Å². The van der Waals surface area contributed by atoms with Crippen molar-refractivity contribution in [3.8, 4) is 0 Å². The van der Waals surface area contributed by atoms with Crippen molar-refractivity contribution in [1.82, 2.24) is 0 Å². The molecule has 1 aliphatic rings. The van der Waals surface area contributed by atoms with Crippen LogP contribution in [0.15, 0.2) is 11.6 Å². The van der Waals surface area contributed by atoms with E-state index in [0.717, 1.165) is 5.92 Å². The minimum Gasteiger partial charge on any atom is -0.0845 e.